The zero-order valence-corrected chi connectivity index (χ0v) is 9.84. The van der Waals surface area contributed by atoms with Crippen molar-refractivity contribution in [2.24, 2.45) is 23.7 Å². The van der Waals surface area contributed by atoms with Crippen molar-refractivity contribution in [2.45, 2.75) is 22.5 Å². The molecule has 2 aliphatic carbocycles. The Bertz CT molecular complexity index is 199. The van der Waals surface area contributed by atoms with Gasteiger partial charge in [0.25, 0.3) is 0 Å². The first-order valence-electron chi connectivity index (χ1n) is 4.07. The Morgan fingerprint density at radius 3 is 1.00 bits per heavy atom. The Kier molecular flexibility index (Phi) is 1.93. The Morgan fingerprint density at radius 2 is 0.917 bits per heavy atom. The normalized spacial score (nSPS) is 53.5. The molecular formula is C8H10Cl4. The Morgan fingerprint density at radius 1 is 0.750 bits per heavy atom. The fourth-order valence-corrected chi connectivity index (χ4v) is 3.71. The van der Waals surface area contributed by atoms with Crippen LogP contribution in [0.2, 0.25) is 0 Å². The summed E-state index contributed by atoms with van der Waals surface area (Å²) in [4.78, 5) is 0. The summed E-state index contributed by atoms with van der Waals surface area (Å²) in [7, 11) is 0. The molecule has 2 aliphatic rings. The van der Waals surface area contributed by atoms with E-state index >= 15 is 0 Å². The smallest absolute Gasteiger partial charge is 0.101 e. The van der Waals surface area contributed by atoms with Crippen molar-refractivity contribution in [3.63, 3.8) is 0 Å². The highest BCUT2D eigenvalue weighted by Gasteiger charge is 2.76. The molecule has 2 fully saturated rings. The molecule has 0 aromatic rings. The lowest BCUT2D eigenvalue weighted by Crippen LogP contribution is -1.98. The summed E-state index contributed by atoms with van der Waals surface area (Å²) in [5.74, 6) is 1.22. The Labute approximate surface area is 92.5 Å². The number of halogens is 4. The van der Waals surface area contributed by atoms with Crippen molar-refractivity contribution < 1.29 is 0 Å². The quantitative estimate of drug-likeness (QED) is 0.618. The topological polar surface area (TPSA) is 0 Å². The molecule has 0 unspecified atom stereocenters. The van der Waals surface area contributed by atoms with E-state index in [4.69, 9.17) is 46.4 Å². The maximum absolute atomic E-state index is 6.03. The van der Waals surface area contributed by atoms with E-state index in [-0.39, 0.29) is 11.8 Å². The third-order valence-electron chi connectivity index (χ3n) is 3.35. The molecule has 4 heteroatoms. The lowest BCUT2D eigenvalue weighted by Gasteiger charge is -1.97. The van der Waals surface area contributed by atoms with Crippen molar-refractivity contribution in [2.75, 3.05) is 0 Å². The molecule has 12 heavy (non-hydrogen) atoms. The van der Waals surface area contributed by atoms with Crippen LogP contribution < -0.4 is 0 Å². The molecule has 0 spiro atoms. The fraction of sp³-hybridized carbons (Fsp3) is 1.00. The molecule has 2 saturated carbocycles. The summed E-state index contributed by atoms with van der Waals surface area (Å²) in [6, 6.07) is 0. The van der Waals surface area contributed by atoms with Crippen LogP contribution in [0.15, 0.2) is 0 Å². The number of rotatable bonds is 1. The molecule has 0 N–H and O–H groups in total. The van der Waals surface area contributed by atoms with Crippen LogP contribution in [0.25, 0.3) is 0 Å². The van der Waals surface area contributed by atoms with Crippen molar-refractivity contribution in [3.05, 3.63) is 0 Å². The molecule has 0 bridgehead atoms. The summed E-state index contributed by atoms with van der Waals surface area (Å²) in [5.41, 5.74) is 0. The highest BCUT2D eigenvalue weighted by Crippen LogP contribution is 2.75. The summed E-state index contributed by atoms with van der Waals surface area (Å²) >= 11 is 24.1. The van der Waals surface area contributed by atoms with E-state index in [0.29, 0.717) is 11.8 Å². The van der Waals surface area contributed by atoms with E-state index < -0.39 is 8.67 Å². The molecule has 70 valence electrons. The number of hydrogen-bond donors (Lipinski definition) is 0. The van der Waals surface area contributed by atoms with E-state index in [9.17, 15) is 0 Å². The lowest BCUT2D eigenvalue weighted by molar-refractivity contribution is 0.609. The summed E-state index contributed by atoms with van der Waals surface area (Å²) in [6.45, 7) is 4.08. The van der Waals surface area contributed by atoms with Crippen LogP contribution in [-0.4, -0.2) is 8.67 Å². The van der Waals surface area contributed by atoms with E-state index in [1.807, 2.05) is 13.8 Å². The summed E-state index contributed by atoms with van der Waals surface area (Å²) in [5, 5.41) is 0. The molecule has 4 atom stereocenters. The first-order chi connectivity index (χ1) is 5.31. The van der Waals surface area contributed by atoms with E-state index in [2.05, 4.69) is 0 Å². The van der Waals surface area contributed by atoms with Crippen LogP contribution in [0.1, 0.15) is 13.8 Å². The predicted molar refractivity (Wildman–Crippen MR) is 54.2 cm³/mol. The minimum absolute atomic E-state index is 0.283. The van der Waals surface area contributed by atoms with Crippen LogP contribution in [-0.2, 0) is 0 Å². The first kappa shape index (κ1) is 9.71. The lowest BCUT2D eigenvalue weighted by atomic mass is 10.2. The van der Waals surface area contributed by atoms with Crippen molar-refractivity contribution >= 4 is 46.4 Å². The third kappa shape index (κ3) is 1.05. The maximum atomic E-state index is 6.03. The van der Waals surface area contributed by atoms with Gasteiger partial charge in [-0.3, -0.25) is 0 Å². The molecule has 0 aliphatic heterocycles. The molecule has 0 amide bonds. The fourth-order valence-electron chi connectivity index (χ4n) is 2.12. The molecule has 0 aromatic heterocycles. The van der Waals surface area contributed by atoms with Crippen LogP contribution in [0, 0.1) is 23.7 Å². The second kappa shape index (κ2) is 2.39. The minimum Gasteiger partial charge on any atom is -0.101 e. The van der Waals surface area contributed by atoms with Gasteiger partial charge in [-0.25, -0.2) is 0 Å². The van der Waals surface area contributed by atoms with Gasteiger partial charge in [0.2, 0.25) is 0 Å². The van der Waals surface area contributed by atoms with Crippen LogP contribution in [0.5, 0.6) is 0 Å². The van der Waals surface area contributed by atoms with E-state index in [1.165, 1.54) is 0 Å². The average molecular weight is 248 g/mol. The van der Waals surface area contributed by atoms with Gasteiger partial charge in [-0.1, -0.05) is 13.8 Å². The molecule has 0 nitrogen and oxygen atoms in total. The van der Waals surface area contributed by atoms with E-state index in [1.54, 1.807) is 0 Å². The van der Waals surface area contributed by atoms with Gasteiger partial charge < -0.3 is 0 Å². The van der Waals surface area contributed by atoms with Gasteiger partial charge in [-0.15, -0.1) is 46.4 Å². The van der Waals surface area contributed by atoms with E-state index in [0.717, 1.165) is 0 Å². The van der Waals surface area contributed by atoms with Gasteiger partial charge in [-0.2, -0.15) is 0 Å². The molecule has 0 saturated heterocycles. The van der Waals surface area contributed by atoms with Crippen LogP contribution in [0.3, 0.4) is 0 Å². The van der Waals surface area contributed by atoms with Gasteiger partial charge in [0.05, 0.1) is 0 Å². The largest absolute Gasteiger partial charge is 0.124 e. The van der Waals surface area contributed by atoms with Gasteiger partial charge >= 0.3 is 0 Å². The highest BCUT2D eigenvalue weighted by atomic mass is 35.5. The highest BCUT2D eigenvalue weighted by molar-refractivity contribution is 6.53. The van der Waals surface area contributed by atoms with Gasteiger partial charge in [0, 0.05) is 11.8 Å². The molecule has 0 heterocycles. The first-order valence-corrected chi connectivity index (χ1v) is 5.58. The monoisotopic (exact) mass is 246 g/mol. The van der Waals surface area contributed by atoms with Crippen LogP contribution in [0.4, 0.5) is 0 Å². The standard InChI is InChI=1S/C8H10Cl4/c1-3-5(7(3,9)10)6-4(2)8(6,11)12/h3-6H,1-2H3/t3-,4-,5-,6+/m0/s1. The Balaban J connectivity index is 2.08. The second-order valence-electron chi connectivity index (χ2n) is 3.98. The molecule has 0 aromatic carbocycles. The van der Waals surface area contributed by atoms with Gasteiger partial charge in [-0.05, 0) is 11.8 Å². The molecule has 2 rings (SSSR count). The van der Waals surface area contributed by atoms with Crippen molar-refractivity contribution in [3.8, 4) is 0 Å². The molecule has 0 radical (unpaired) electrons. The zero-order valence-electron chi connectivity index (χ0n) is 6.82. The van der Waals surface area contributed by atoms with Crippen molar-refractivity contribution in [1.82, 2.24) is 0 Å². The number of alkyl halides is 4. The summed E-state index contributed by atoms with van der Waals surface area (Å²) < 4.78 is -1.16. The SMILES string of the molecule is C[C@H]1[C@@H]([C@H]2[C@H](C)C2(Cl)Cl)C1(Cl)Cl. The Hall–Kier alpha value is 1.16. The van der Waals surface area contributed by atoms with Crippen LogP contribution >= 0.6 is 46.4 Å². The van der Waals surface area contributed by atoms with Crippen molar-refractivity contribution in [1.29, 1.82) is 0 Å². The average Bonchev–Trinajstić information content (AvgIpc) is 2.55. The van der Waals surface area contributed by atoms with Gasteiger partial charge in [0.15, 0.2) is 0 Å². The third-order valence-corrected chi connectivity index (χ3v) is 5.73. The molecular weight excluding hydrogens is 238 g/mol. The second-order valence-corrected chi connectivity index (χ2v) is 6.87. The summed E-state index contributed by atoms with van der Waals surface area (Å²) in [6.07, 6.45) is 0. The van der Waals surface area contributed by atoms with Gasteiger partial charge in [0.1, 0.15) is 8.67 Å². The number of hydrogen-bond acceptors (Lipinski definition) is 0. The maximum Gasteiger partial charge on any atom is 0.124 e. The predicted octanol–water partition coefficient (Wildman–Crippen LogP) is 3.87. The minimum atomic E-state index is -0.579. The zero-order chi connectivity index (χ0) is 9.31.